The molecule has 0 atom stereocenters. The summed E-state index contributed by atoms with van der Waals surface area (Å²) in [4.78, 5) is 20.7. The minimum Gasteiger partial charge on any atom is -0.369 e. The highest BCUT2D eigenvalue weighted by Crippen LogP contribution is 2.28. The second-order valence-corrected chi connectivity index (χ2v) is 7.86. The van der Waals surface area contributed by atoms with E-state index in [2.05, 4.69) is 9.97 Å². The molecular weight excluding hydrogens is 417 g/mol. The van der Waals surface area contributed by atoms with Crippen LogP contribution in [-0.4, -0.2) is 22.9 Å². The summed E-state index contributed by atoms with van der Waals surface area (Å²) in [6, 6.07) is 13.5. The molecule has 168 valence electrons. The van der Waals surface area contributed by atoms with Crippen LogP contribution in [0, 0.1) is 5.82 Å². The van der Waals surface area contributed by atoms with Crippen LogP contribution < -0.4 is 10.6 Å². The number of hydrogen-bond acceptors (Lipinski definition) is 4. The van der Waals surface area contributed by atoms with Crippen molar-refractivity contribution >= 4 is 11.7 Å². The maximum absolute atomic E-state index is 15.1. The van der Waals surface area contributed by atoms with Crippen molar-refractivity contribution in [1.29, 1.82) is 0 Å². The van der Waals surface area contributed by atoms with Gasteiger partial charge in [0, 0.05) is 26.1 Å². The molecule has 0 aliphatic carbocycles. The van der Waals surface area contributed by atoms with E-state index in [0.717, 1.165) is 18.1 Å². The number of aromatic nitrogens is 2. The van der Waals surface area contributed by atoms with Crippen molar-refractivity contribution in [2.45, 2.75) is 38.7 Å². The minimum absolute atomic E-state index is 0.0888. The summed E-state index contributed by atoms with van der Waals surface area (Å²) < 4.78 is 42.3. The van der Waals surface area contributed by atoms with Gasteiger partial charge in [-0.05, 0) is 35.6 Å². The SMILES string of the molecule is CN(Cc1cccc(C(C)(F)F)c1)c1ncnc(CCc2ccc(CC(N)=O)cc2)c1F. The fraction of sp³-hybridized carbons (Fsp3) is 0.292. The van der Waals surface area contributed by atoms with Crippen LogP contribution in [0.25, 0.3) is 0 Å². The summed E-state index contributed by atoms with van der Waals surface area (Å²) in [5.74, 6) is -3.76. The maximum atomic E-state index is 15.1. The Kier molecular flexibility index (Phi) is 7.12. The molecule has 1 aromatic heterocycles. The highest BCUT2D eigenvalue weighted by atomic mass is 19.3. The van der Waals surface area contributed by atoms with Crippen molar-refractivity contribution in [3.05, 3.63) is 88.6 Å². The first-order chi connectivity index (χ1) is 15.1. The first-order valence-corrected chi connectivity index (χ1v) is 10.2. The summed E-state index contributed by atoms with van der Waals surface area (Å²) in [6.45, 7) is 1.07. The van der Waals surface area contributed by atoms with Crippen LogP contribution in [0.1, 0.15) is 34.9 Å². The predicted molar refractivity (Wildman–Crippen MR) is 117 cm³/mol. The molecule has 5 nitrogen and oxygen atoms in total. The second kappa shape index (κ2) is 9.80. The molecule has 8 heteroatoms. The molecule has 0 spiro atoms. The van der Waals surface area contributed by atoms with Gasteiger partial charge >= 0.3 is 0 Å². The van der Waals surface area contributed by atoms with E-state index in [4.69, 9.17) is 5.73 Å². The number of nitrogens with two attached hydrogens (primary N) is 1. The molecule has 0 unspecified atom stereocenters. The summed E-state index contributed by atoms with van der Waals surface area (Å²) in [7, 11) is 1.66. The number of rotatable bonds is 9. The van der Waals surface area contributed by atoms with Gasteiger partial charge in [-0.25, -0.2) is 23.1 Å². The van der Waals surface area contributed by atoms with Gasteiger partial charge in [-0.15, -0.1) is 0 Å². The van der Waals surface area contributed by atoms with E-state index in [1.165, 1.54) is 18.5 Å². The lowest BCUT2D eigenvalue weighted by atomic mass is 10.0. The molecule has 3 rings (SSSR count). The van der Waals surface area contributed by atoms with Gasteiger partial charge in [0.05, 0.1) is 12.1 Å². The van der Waals surface area contributed by atoms with Crippen molar-refractivity contribution in [3.63, 3.8) is 0 Å². The minimum atomic E-state index is -2.94. The average Bonchev–Trinajstić information content (AvgIpc) is 2.73. The normalized spacial score (nSPS) is 11.4. The molecule has 2 aromatic carbocycles. The van der Waals surface area contributed by atoms with Crippen molar-refractivity contribution in [2.75, 3.05) is 11.9 Å². The Morgan fingerprint density at radius 1 is 1.03 bits per heavy atom. The van der Waals surface area contributed by atoms with Crippen LogP contribution in [-0.2, 0) is 36.5 Å². The number of amides is 1. The monoisotopic (exact) mass is 442 g/mol. The van der Waals surface area contributed by atoms with E-state index in [9.17, 15) is 13.6 Å². The Bertz CT molecular complexity index is 1080. The van der Waals surface area contributed by atoms with Crippen LogP contribution in [0.3, 0.4) is 0 Å². The topological polar surface area (TPSA) is 72.1 Å². The third kappa shape index (κ3) is 6.06. The van der Waals surface area contributed by atoms with Gasteiger partial charge < -0.3 is 10.6 Å². The number of carbonyl (C=O) groups excluding carboxylic acids is 1. The standard InChI is InChI=1S/C24H25F3N4O/c1-24(26,27)19-5-3-4-18(12-19)14-31(2)23-22(25)20(29-15-30-23)11-10-16-6-8-17(9-7-16)13-21(28)32/h3-9,12,15H,10-11,13-14H2,1-2H3,(H2,28,32). The van der Waals surface area contributed by atoms with Crippen molar-refractivity contribution < 1.29 is 18.0 Å². The lowest BCUT2D eigenvalue weighted by Gasteiger charge is -2.20. The number of aryl methyl sites for hydroxylation is 2. The molecule has 0 aliphatic rings. The molecule has 0 bridgehead atoms. The van der Waals surface area contributed by atoms with E-state index in [1.807, 2.05) is 24.3 Å². The van der Waals surface area contributed by atoms with Crippen LogP contribution in [0.5, 0.6) is 0 Å². The first kappa shape index (κ1) is 23.2. The number of nitrogens with zero attached hydrogens (tertiary/aromatic N) is 3. The highest BCUT2D eigenvalue weighted by Gasteiger charge is 2.24. The van der Waals surface area contributed by atoms with Gasteiger partial charge in [-0.1, -0.05) is 42.5 Å². The molecular formula is C24H25F3N4O. The molecule has 3 aromatic rings. The van der Waals surface area contributed by atoms with Gasteiger partial charge in [0.15, 0.2) is 11.6 Å². The van der Waals surface area contributed by atoms with Crippen LogP contribution in [0.2, 0.25) is 0 Å². The molecule has 32 heavy (non-hydrogen) atoms. The average molecular weight is 442 g/mol. The number of halogens is 3. The largest absolute Gasteiger partial charge is 0.369 e. The summed E-state index contributed by atoms with van der Waals surface area (Å²) in [5, 5.41) is 0. The van der Waals surface area contributed by atoms with E-state index in [1.54, 1.807) is 24.1 Å². The zero-order valence-electron chi connectivity index (χ0n) is 18.0. The maximum Gasteiger partial charge on any atom is 0.270 e. The zero-order valence-corrected chi connectivity index (χ0v) is 18.0. The van der Waals surface area contributed by atoms with Crippen molar-refractivity contribution in [2.24, 2.45) is 5.73 Å². The Morgan fingerprint density at radius 2 is 1.72 bits per heavy atom. The highest BCUT2D eigenvalue weighted by molar-refractivity contribution is 5.76. The Morgan fingerprint density at radius 3 is 2.38 bits per heavy atom. The Hall–Kier alpha value is -3.42. The van der Waals surface area contributed by atoms with E-state index in [0.29, 0.717) is 18.4 Å². The number of benzene rings is 2. The van der Waals surface area contributed by atoms with Crippen LogP contribution in [0.15, 0.2) is 54.9 Å². The number of alkyl halides is 2. The third-order valence-electron chi connectivity index (χ3n) is 5.11. The smallest absolute Gasteiger partial charge is 0.270 e. The molecule has 0 radical (unpaired) electrons. The van der Waals surface area contributed by atoms with Gasteiger partial charge in [0.2, 0.25) is 5.91 Å². The van der Waals surface area contributed by atoms with Crippen LogP contribution >= 0.6 is 0 Å². The van der Waals surface area contributed by atoms with Crippen LogP contribution in [0.4, 0.5) is 19.0 Å². The quantitative estimate of drug-likeness (QED) is 0.540. The number of anilines is 1. The molecule has 1 heterocycles. The number of hydrogen-bond donors (Lipinski definition) is 1. The predicted octanol–water partition coefficient (Wildman–Crippen LogP) is 4.18. The fourth-order valence-electron chi connectivity index (χ4n) is 3.42. The van der Waals surface area contributed by atoms with E-state index in [-0.39, 0.29) is 30.0 Å². The Balaban J connectivity index is 1.69. The fourth-order valence-corrected chi connectivity index (χ4v) is 3.42. The molecule has 0 saturated heterocycles. The number of carbonyl (C=O) groups is 1. The Labute approximate surface area is 185 Å². The summed E-state index contributed by atoms with van der Waals surface area (Å²) >= 11 is 0. The van der Waals surface area contributed by atoms with E-state index < -0.39 is 17.6 Å². The molecule has 1 amide bonds. The lowest BCUT2D eigenvalue weighted by molar-refractivity contribution is -0.117. The molecule has 0 fully saturated rings. The van der Waals surface area contributed by atoms with Gasteiger partial charge in [-0.3, -0.25) is 4.79 Å². The zero-order chi connectivity index (χ0) is 23.3. The summed E-state index contributed by atoms with van der Waals surface area (Å²) in [6.07, 6.45) is 2.40. The lowest BCUT2D eigenvalue weighted by Crippen LogP contribution is -2.21. The van der Waals surface area contributed by atoms with Crippen molar-refractivity contribution in [1.82, 2.24) is 9.97 Å². The van der Waals surface area contributed by atoms with E-state index >= 15 is 4.39 Å². The van der Waals surface area contributed by atoms with Gasteiger partial charge in [0.25, 0.3) is 5.92 Å². The third-order valence-corrected chi connectivity index (χ3v) is 5.11. The van der Waals surface area contributed by atoms with Crippen molar-refractivity contribution in [3.8, 4) is 0 Å². The molecule has 0 aliphatic heterocycles. The molecule has 0 saturated carbocycles. The first-order valence-electron chi connectivity index (χ1n) is 10.2. The number of primary amides is 1. The summed E-state index contributed by atoms with van der Waals surface area (Å²) in [5.41, 5.74) is 7.81. The second-order valence-electron chi connectivity index (χ2n) is 7.86. The van der Waals surface area contributed by atoms with Gasteiger partial charge in [0.1, 0.15) is 6.33 Å². The van der Waals surface area contributed by atoms with Gasteiger partial charge in [-0.2, -0.15) is 0 Å². The molecule has 2 N–H and O–H groups in total.